The van der Waals surface area contributed by atoms with Crippen LogP contribution >= 0.6 is 22.9 Å². The Morgan fingerprint density at radius 2 is 1.96 bits per heavy atom. The lowest BCUT2D eigenvalue weighted by Gasteiger charge is -2.34. The molecule has 0 saturated carbocycles. The summed E-state index contributed by atoms with van der Waals surface area (Å²) >= 11 is 6.83. The van der Waals surface area contributed by atoms with E-state index in [1.807, 2.05) is 0 Å². The van der Waals surface area contributed by atoms with Gasteiger partial charge in [0.1, 0.15) is 10.3 Å². The highest BCUT2D eigenvalue weighted by Crippen LogP contribution is 2.28. The van der Waals surface area contributed by atoms with Gasteiger partial charge in [-0.05, 0) is 18.6 Å². The molecule has 3 heterocycles. The van der Waals surface area contributed by atoms with Gasteiger partial charge in [0.2, 0.25) is 11.8 Å². The standard InChI is InChI=1S/C13H16ClN3O4S2/c14-10-2-4-12(22-10)23(20,21)17-7-5-16(6-8-17)13(19)9-1-3-11(18)15-9/h2,4,9H,1,3,5-8H2,(H,15,18)/t9-/m0/s1. The Hall–Kier alpha value is -1.16. The number of piperazine rings is 1. The van der Waals surface area contributed by atoms with Crippen LogP contribution in [0.4, 0.5) is 0 Å². The molecule has 0 unspecified atom stereocenters. The molecule has 1 atom stereocenters. The van der Waals surface area contributed by atoms with E-state index in [0.29, 0.717) is 30.3 Å². The minimum atomic E-state index is -3.56. The molecule has 0 bridgehead atoms. The van der Waals surface area contributed by atoms with E-state index in [-0.39, 0.29) is 29.1 Å². The maximum absolute atomic E-state index is 12.5. The molecule has 1 aromatic heterocycles. The van der Waals surface area contributed by atoms with Crippen molar-refractivity contribution >= 4 is 44.8 Å². The molecule has 2 saturated heterocycles. The first kappa shape index (κ1) is 16.7. The molecule has 0 radical (unpaired) electrons. The molecule has 3 rings (SSSR count). The van der Waals surface area contributed by atoms with Gasteiger partial charge in [-0.3, -0.25) is 9.59 Å². The Balaban J connectivity index is 1.62. The Bertz CT molecular complexity index is 725. The zero-order valence-electron chi connectivity index (χ0n) is 12.2. The van der Waals surface area contributed by atoms with Crippen LogP contribution < -0.4 is 5.32 Å². The first-order valence-corrected chi connectivity index (χ1v) is 9.85. The summed E-state index contributed by atoms with van der Waals surface area (Å²) in [4.78, 5) is 25.1. The van der Waals surface area contributed by atoms with Gasteiger partial charge in [0.15, 0.2) is 0 Å². The number of halogens is 1. The van der Waals surface area contributed by atoms with E-state index in [9.17, 15) is 18.0 Å². The van der Waals surface area contributed by atoms with E-state index in [2.05, 4.69) is 5.32 Å². The predicted octanol–water partition coefficient (Wildman–Crippen LogP) is 0.513. The summed E-state index contributed by atoms with van der Waals surface area (Å²) in [6, 6.07) is 2.58. The second kappa shape index (κ2) is 6.39. The van der Waals surface area contributed by atoms with Gasteiger partial charge in [-0.25, -0.2) is 8.42 Å². The number of carbonyl (C=O) groups is 2. The highest BCUT2D eigenvalue weighted by molar-refractivity contribution is 7.91. The van der Waals surface area contributed by atoms with Crippen LogP contribution in [0.1, 0.15) is 12.8 Å². The monoisotopic (exact) mass is 377 g/mol. The van der Waals surface area contributed by atoms with Gasteiger partial charge in [0, 0.05) is 32.6 Å². The van der Waals surface area contributed by atoms with E-state index in [1.54, 1.807) is 11.0 Å². The average molecular weight is 378 g/mol. The van der Waals surface area contributed by atoms with Crippen molar-refractivity contribution in [1.29, 1.82) is 0 Å². The number of carbonyl (C=O) groups excluding carboxylic acids is 2. The number of nitrogens with one attached hydrogen (secondary N) is 1. The quantitative estimate of drug-likeness (QED) is 0.831. The van der Waals surface area contributed by atoms with E-state index >= 15 is 0 Å². The highest BCUT2D eigenvalue weighted by atomic mass is 35.5. The van der Waals surface area contributed by atoms with E-state index < -0.39 is 16.1 Å². The van der Waals surface area contributed by atoms with Crippen LogP contribution in [0.25, 0.3) is 0 Å². The van der Waals surface area contributed by atoms with Crippen LogP contribution in [0, 0.1) is 0 Å². The van der Waals surface area contributed by atoms with Gasteiger partial charge in [0.05, 0.1) is 4.34 Å². The fourth-order valence-corrected chi connectivity index (χ4v) is 5.79. The van der Waals surface area contributed by atoms with Gasteiger partial charge >= 0.3 is 0 Å². The average Bonchev–Trinajstić information content (AvgIpc) is 3.15. The van der Waals surface area contributed by atoms with Gasteiger partial charge in [-0.1, -0.05) is 11.6 Å². The summed E-state index contributed by atoms with van der Waals surface area (Å²) < 4.78 is 27.0. The van der Waals surface area contributed by atoms with Crippen LogP contribution in [0.2, 0.25) is 4.34 Å². The topological polar surface area (TPSA) is 86.8 Å². The summed E-state index contributed by atoms with van der Waals surface area (Å²) in [5, 5.41) is 2.65. The van der Waals surface area contributed by atoms with Crippen molar-refractivity contribution in [2.75, 3.05) is 26.2 Å². The molecule has 126 valence electrons. The lowest BCUT2D eigenvalue weighted by molar-refractivity contribution is -0.135. The largest absolute Gasteiger partial charge is 0.344 e. The van der Waals surface area contributed by atoms with E-state index in [4.69, 9.17) is 11.6 Å². The second-order valence-corrected chi connectivity index (χ2v) is 9.33. The maximum atomic E-state index is 12.5. The molecular formula is C13H16ClN3O4S2. The lowest BCUT2D eigenvalue weighted by atomic mass is 10.2. The summed E-state index contributed by atoms with van der Waals surface area (Å²) in [5.74, 6) is -0.244. The molecule has 7 nitrogen and oxygen atoms in total. The summed E-state index contributed by atoms with van der Waals surface area (Å²) in [7, 11) is -3.56. The number of hydrogen-bond donors (Lipinski definition) is 1. The van der Waals surface area contributed by atoms with Crippen molar-refractivity contribution in [1.82, 2.24) is 14.5 Å². The van der Waals surface area contributed by atoms with E-state index in [0.717, 1.165) is 11.3 Å². The molecule has 0 aromatic carbocycles. The SMILES string of the molecule is O=C1CC[C@@H](C(=O)N2CCN(S(=O)(=O)c3ccc(Cl)s3)CC2)N1. The first-order valence-electron chi connectivity index (χ1n) is 7.21. The fourth-order valence-electron chi connectivity index (χ4n) is 2.73. The first-order chi connectivity index (χ1) is 10.9. The Morgan fingerprint density at radius 1 is 1.26 bits per heavy atom. The van der Waals surface area contributed by atoms with Crippen LogP contribution in [-0.2, 0) is 19.6 Å². The fraction of sp³-hybridized carbons (Fsp3) is 0.538. The highest BCUT2D eigenvalue weighted by Gasteiger charge is 2.35. The molecule has 2 amide bonds. The third kappa shape index (κ3) is 3.37. The third-order valence-corrected chi connectivity index (χ3v) is 7.58. The molecule has 2 fully saturated rings. The van der Waals surface area contributed by atoms with Crippen LogP contribution in [0.3, 0.4) is 0 Å². The smallest absolute Gasteiger partial charge is 0.252 e. The van der Waals surface area contributed by atoms with Gasteiger partial charge < -0.3 is 10.2 Å². The van der Waals surface area contributed by atoms with Gasteiger partial charge in [-0.2, -0.15) is 4.31 Å². The Labute approximate surface area is 143 Å². The van der Waals surface area contributed by atoms with Crippen LogP contribution in [0.5, 0.6) is 0 Å². The minimum absolute atomic E-state index is 0.112. The maximum Gasteiger partial charge on any atom is 0.252 e. The molecule has 10 heteroatoms. The molecule has 0 aliphatic carbocycles. The predicted molar refractivity (Wildman–Crippen MR) is 85.8 cm³/mol. The number of sulfonamides is 1. The van der Waals surface area contributed by atoms with Gasteiger partial charge in [-0.15, -0.1) is 11.3 Å². The summed E-state index contributed by atoms with van der Waals surface area (Å²) in [6.07, 6.45) is 0.869. The number of rotatable bonds is 3. The van der Waals surface area contributed by atoms with Crippen molar-refractivity contribution in [2.24, 2.45) is 0 Å². The second-order valence-electron chi connectivity index (χ2n) is 5.45. The Kier molecular flexibility index (Phi) is 4.63. The molecule has 0 spiro atoms. The third-order valence-electron chi connectivity index (χ3n) is 3.99. The van der Waals surface area contributed by atoms with Crippen molar-refractivity contribution in [3.8, 4) is 0 Å². The molecule has 2 aliphatic rings. The minimum Gasteiger partial charge on any atom is -0.344 e. The molecule has 2 aliphatic heterocycles. The normalized spacial score (nSPS) is 23.1. The molecule has 1 aromatic rings. The van der Waals surface area contributed by atoms with Crippen LogP contribution in [0.15, 0.2) is 16.3 Å². The number of amides is 2. The zero-order valence-corrected chi connectivity index (χ0v) is 14.6. The molecule has 23 heavy (non-hydrogen) atoms. The summed E-state index contributed by atoms with van der Waals surface area (Å²) in [5.41, 5.74) is 0. The van der Waals surface area contributed by atoms with Crippen molar-refractivity contribution in [3.63, 3.8) is 0 Å². The van der Waals surface area contributed by atoms with Crippen molar-refractivity contribution in [2.45, 2.75) is 23.1 Å². The lowest BCUT2D eigenvalue weighted by Crippen LogP contribution is -2.54. The number of hydrogen-bond acceptors (Lipinski definition) is 5. The van der Waals surface area contributed by atoms with Crippen LogP contribution in [-0.4, -0.2) is 61.7 Å². The van der Waals surface area contributed by atoms with Crippen molar-refractivity contribution < 1.29 is 18.0 Å². The molecular weight excluding hydrogens is 362 g/mol. The number of nitrogens with zero attached hydrogens (tertiary/aromatic N) is 2. The zero-order chi connectivity index (χ0) is 16.6. The summed E-state index contributed by atoms with van der Waals surface area (Å²) in [6.45, 7) is 1.13. The Morgan fingerprint density at radius 3 is 2.48 bits per heavy atom. The van der Waals surface area contributed by atoms with Gasteiger partial charge in [0.25, 0.3) is 10.0 Å². The van der Waals surface area contributed by atoms with E-state index in [1.165, 1.54) is 10.4 Å². The van der Waals surface area contributed by atoms with Crippen molar-refractivity contribution in [3.05, 3.63) is 16.5 Å². The number of thiophene rings is 1. The molecule has 1 N–H and O–H groups in total.